The van der Waals surface area contributed by atoms with Gasteiger partial charge in [0.2, 0.25) is 11.8 Å². The lowest BCUT2D eigenvalue weighted by molar-refractivity contribution is -0.139. The number of nitrogens with zero attached hydrogens (tertiary/aromatic N) is 5. The molecule has 0 spiro atoms. The Morgan fingerprint density at radius 2 is 2.04 bits per heavy atom. The molecule has 1 atom stereocenters. The highest BCUT2D eigenvalue weighted by Crippen LogP contribution is 2.27. The van der Waals surface area contributed by atoms with Gasteiger partial charge in [-0.1, -0.05) is 30.3 Å². The van der Waals surface area contributed by atoms with Crippen molar-refractivity contribution in [2.24, 2.45) is 0 Å². The minimum atomic E-state index is -0.0161. The summed E-state index contributed by atoms with van der Waals surface area (Å²) < 4.78 is 2.11. The number of amides is 2. The minimum absolute atomic E-state index is 0.0161. The van der Waals surface area contributed by atoms with E-state index in [1.54, 1.807) is 9.80 Å². The van der Waals surface area contributed by atoms with Gasteiger partial charge in [-0.2, -0.15) is 0 Å². The van der Waals surface area contributed by atoms with Crippen LogP contribution in [0.25, 0.3) is 11.4 Å². The van der Waals surface area contributed by atoms with E-state index in [1.165, 1.54) is 0 Å². The highest BCUT2D eigenvalue weighted by atomic mass is 16.2. The first-order valence-corrected chi connectivity index (χ1v) is 8.68. The van der Waals surface area contributed by atoms with Crippen molar-refractivity contribution < 1.29 is 9.59 Å². The van der Waals surface area contributed by atoms with Crippen LogP contribution in [0.2, 0.25) is 0 Å². The van der Waals surface area contributed by atoms with Crippen molar-refractivity contribution in [1.29, 1.82) is 0 Å². The molecule has 1 saturated heterocycles. The zero-order chi connectivity index (χ0) is 17.4. The van der Waals surface area contributed by atoms with Crippen LogP contribution in [-0.4, -0.2) is 56.0 Å². The molecule has 0 N–H and O–H groups in total. The molecule has 0 saturated carbocycles. The van der Waals surface area contributed by atoms with Gasteiger partial charge in [0, 0.05) is 25.1 Å². The second-order valence-electron chi connectivity index (χ2n) is 6.72. The van der Waals surface area contributed by atoms with Crippen LogP contribution in [0.4, 0.5) is 0 Å². The van der Waals surface area contributed by atoms with E-state index in [-0.39, 0.29) is 24.4 Å². The van der Waals surface area contributed by atoms with Gasteiger partial charge in [-0.25, -0.2) is 0 Å². The Balaban J connectivity index is 1.53. The fraction of sp³-hybridized carbons (Fsp3) is 0.444. The molecule has 1 fully saturated rings. The number of fused-ring (bicyclic) bond motifs is 1. The Morgan fingerprint density at radius 1 is 1.24 bits per heavy atom. The monoisotopic (exact) mass is 339 g/mol. The molecule has 0 aliphatic carbocycles. The third-order valence-electron chi connectivity index (χ3n) is 4.91. The zero-order valence-electron chi connectivity index (χ0n) is 14.3. The van der Waals surface area contributed by atoms with Crippen molar-refractivity contribution in [3.8, 4) is 11.4 Å². The lowest BCUT2D eigenvalue weighted by atomic mass is 10.1. The van der Waals surface area contributed by atoms with Gasteiger partial charge in [0.25, 0.3) is 0 Å². The van der Waals surface area contributed by atoms with Crippen LogP contribution in [0, 0.1) is 0 Å². The van der Waals surface area contributed by atoms with Gasteiger partial charge in [0.1, 0.15) is 0 Å². The predicted octanol–water partition coefficient (Wildman–Crippen LogP) is 1.47. The second-order valence-corrected chi connectivity index (χ2v) is 6.72. The molecule has 1 aromatic heterocycles. The summed E-state index contributed by atoms with van der Waals surface area (Å²) >= 11 is 0. The van der Waals surface area contributed by atoms with E-state index in [2.05, 4.69) is 21.7 Å². The van der Waals surface area contributed by atoms with Gasteiger partial charge in [0.05, 0.1) is 19.1 Å². The van der Waals surface area contributed by atoms with Crippen LogP contribution in [0.5, 0.6) is 0 Å². The van der Waals surface area contributed by atoms with Gasteiger partial charge >= 0.3 is 0 Å². The Labute approximate surface area is 146 Å². The molecular formula is C18H21N5O2. The fourth-order valence-corrected chi connectivity index (χ4v) is 3.64. The predicted molar refractivity (Wildman–Crippen MR) is 91.4 cm³/mol. The Hall–Kier alpha value is -2.70. The topological polar surface area (TPSA) is 71.3 Å². The quantitative estimate of drug-likeness (QED) is 0.849. The summed E-state index contributed by atoms with van der Waals surface area (Å²) in [5, 5.41) is 8.64. The smallest absolute Gasteiger partial charge is 0.242 e. The standard InChI is InChI=1S/C18H21N5O2/c1-13-10-22(17(25)12-21-9-5-8-16(21)24)11-15-19-20-18(23(13)15)14-6-3-2-4-7-14/h2-4,6-7,13H,5,8-12H2,1H3/t13-/m0/s1. The highest BCUT2D eigenvalue weighted by molar-refractivity contribution is 5.86. The van der Waals surface area contributed by atoms with E-state index in [0.29, 0.717) is 26.1 Å². The molecule has 2 amide bonds. The van der Waals surface area contributed by atoms with Crippen LogP contribution in [0.3, 0.4) is 0 Å². The van der Waals surface area contributed by atoms with E-state index in [0.717, 1.165) is 23.6 Å². The molecule has 4 rings (SSSR count). The van der Waals surface area contributed by atoms with Gasteiger partial charge in [-0.3, -0.25) is 9.59 Å². The van der Waals surface area contributed by atoms with E-state index < -0.39 is 0 Å². The second kappa shape index (κ2) is 6.31. The van der Waals surface area contributed by atoms with Crippen LogP contribution in [0.1, 0.15) is 31.6 Å². The van der Waals surface area contributed by atoms with Crippen LogP contribution >= 0.6 is 0 Å². The number of rotatable bonds is 3. The summed E-state index contributed by atoms with van der Waals surface area (Å²) in [6, 6.07) is 10.1. The molecule has 1 aromatic carbocycles. The van der Waals surface area contributed by atoms with Crippen molar-refractivity contribution in [3.63, 3.8) is 0 Å². The van der Waals surface area contributed by atoms with Gasteiger partial charge < -0.3 is 14.4 Å². The van der Waals surface area contributed by atoms with Crippen LogP contribution < -0.4 is 0 Å². The largest absolute Gasteiger partial charge is 0.333 e. The molecule has 2 aromatic rings. The normalized spacial score (nSPS) is 20.0. The lowest BCUT2D eigenvalue weighted by Gasteiger charge is -2.33. The third-order valence-corrected chi connectivity index (χ3v) is 4.91. The summed E-state index contributed by atoms with van der Waals surface area (Å²) in [6.07, 6.45) is 1.40. The number of likely N-dealkylation sites (tertiary alicyclic amines) is 1. The molecule has 25 heavy (non-hydrogen) atoms. The van der Waals surface area contributed by atoms with E-state index in [4.69, 9.17) is 0 Å². The van der Waals surface area contributed by atoms with E-state index in [1.807, 2.05) is 30.3 Å². The molecule has 7 heteroatoms. The summed E-state index contributed by atoms with van der Waals surface area (Å²) in [5.41, 5.74) is 1.02. The first-order valence-electron chi connectivity index (χ1n) is 8.68. The van der Waals surface area contributed by atoms with Crippen molar-refractivity contribution in [2.75, 3.05) is 19.6 Å². The van der Waals surface area contributed by atoms with E-state index >= 15 is 0 Å². The Bertz CT molecular complexity index is 801. The number of carbonyl (C=O) groups is 2. The zero-order valence-corrected chi connectivity index (χ0v) is 14.3. The molecule has 2 aliphatic rings. The summed E-state index contributed by atoms with van der Waals surface area (Å²) in [7, 11) is 0. The van der Waals surface area contributed by atoms with Crippen LogP contribution in [-0.2, 0) is 16.1 Å². The molecule has 130 valence electrons. The first kappa shape index (κ1) is 15.8. The molecule has 0 unspecified atom stereocenters. The Morgan fingerprint density at radius 3 is 2.76 bits per heavy atom. The maximum atomic E-state index is 12.6. The van der Waals surface area contributed by atoms with Gasteiger partial charge in [-0.05, 0) is 13.3 Å². The number of benzene rings is 1. The summed E-state index contributed by atoms with van der Waals surface area (Å²) in [6.45, 7) is 3.96. The molecule has 2 aliphatic heterocycles. The van der Waals surface area contributed by atoms with E-state index in [9.17, 15) is 9.59 Å². The van der Waals surface area contributed by atoms with Gasteiger partial charge in [0.15, 0.2) is 11.6 Å². The number of carbonyl (C=O) groups excluding carboxylic acids is 2. The number of hydrogen-bond donors (Lipinski definition) is 0. The molecule has 7 nitrogen and oxygen atoms in total. The highest BCUT2D eigenvalue weighted by Gasteiger charge is 2.31. The average molecular weight is 339 g/mol. The molecular weight excluding hydrogens is 318 g/mol. The summed E-state index contributed by atoms with van der Waals surface area (Å²) in [4.78, 5) is 27.8. The maximum Gasteiger partial charge on any atom is 0.242 e. The van der Waals surface area contributed by atoms with Crippen molar-refractivity contribution in [1.82, 2.24) is 24.6 Å². The number of hydrogen-bond acceptors (Lipinski definition) is 4. The first-order chi connectivity index (χ1) is 12.1. The third kappa shape index (κ3) is 2.90. The van der Waals surface area contributed by atoms with Crippen LogP contribution in [0.15, 0.2) is 30.3 Å². The van der Waals surface area contributed by atoms with Crippen molar-refractivity contribution >= 4 is 11.8 Å². The number of aromatic nitrogens is 3. The minimum Gasteiger partial charge on any atom is -0.333 e. The van der Waals surface area contributed by atoms with Gasteiger partial charge in [-0.15, -0.1) is 10.2 Å². The fourth-order valence-electron chi connectivity index (χ4n) is 3.64. The molecule has 0 radical (unpaired) electrons. The average Bonchev–Trinajstić information content (AvgIpc) is 3.22. The lowest BCUT2D eigenvalue weighted by Crippen LogP contribution is -2.45. The van der Waals surface area contributed by atoms with Crippen molar-refractivity contribution in [2.45, 2.75) is 32.4 Å². The molecule has 3 heterocycles. The van der Waals surface area contributed by atoms with Crippen molar-refractivity contribution in [3.05, 3.63) is 36.2 Å². The maximum absolute atomic E-state index is 12.6. The molecule has 0 bridgehead atoms. The SMILES string of the molecule is C[C@H]1CN(C(=O)CN2CCCC2=O)Cc2nnc(-c3ccccc3)n21. The Kier molecular flexibility index (Phi) is 3.99. The summed E-state index contributed by atoms with van der Waals surface area (Å²) in [5.74, 6) is 1.69.